The van der Waals surface area contributed by atoms with Gasteiger partial charge in [0.25, 0.3) is 0 Å². The molecule has 0 N–H and O–H groups in total. The molecule has 0 spiro atoms. The summed E-state index contributed by atoms with van der Waals surface area (Å²) in [6, 6.07) is 0. The van der Waals surface area contributed by atoms with Crippen LogP contribution in [0.4, 0.5) is 0 Å². The zero-order valence-electron chi connectivity index (χ0n) is 7.86. The molecule has 0 bridgehead atoms. The lowest BCUT2D eigenvalue weighted by Crippen LogP contribution is -2.31. The minimum absolute atomic E-state index is 0.0206. The van der Waals surface area contributed by atoms with Crippen LogP contribution in [-0.2, 0) is 14.3 Å². The number of carbonyl (C=O) groups is 2. The summed E-state index contributed by atoms with van der Waals surface area (Å²) in [5.74, 6) is 0.0206. The lowest BCUT2D eigenvalue weighted by atomic mass is 9.91. The number of ketones is 1. The normalized spacial score (nSPS) is 30.0. The summed E-state index contributed by atoms with van der Waals surface area (Å²) in [6.07, 6.45) is 8.49. The maximum Gasteiger partial charge on any atom is 0.178 e. The highest BCUT2D eigenvalue weighted by Crippen LogP contribution is 2.41. The van der Waals surface area contributed by atoms with Crippen LogP contribution in [0.15, 0.2) is 23.8 Å². The quantitative estimate of drug-likeness (QED) is 0.631. The fourth-order valence-corrected chi connectivity index (χ4v) is 2.13. The first-order valence-corrected chi connectivity index (χ1v) is 4.79. The molecule has 1 unspecified atom stereocenters. The molecule has 74 valence electrons. The standard InChI is InChI=1S/C11H12O3/c12-6-7-14-11-4-1-2-9(11)8-10(13)3-5-11/h3,5-6,8H,1-2,4,7H2. The summed E-state index contributed by atoms with van der Waals surface area (Å²) in [7, 11) is 0. The molecule has 0 aliphatic heterocycles. The van der Waals surface area contributed by atoms with Gasteiger partial charge in [-0.2, -0.15) is 0 Å². The third-order valence-electron chi connectivity index (χ3n) is 2.78. The van der Waals surface area contributed by atoms with Crippen LogP contribution in [0.2, 0.25) is 0 Å². The van der Waals surface area contributed by atoms with Crippen molar-refractivity contribution in [2.75, 3.05) is 6.61 Å². The summed E-state index contributed by atoms with van der Waals surface area (Å²) < 4.78 is 5.52. The maximum absolute atomic E-state index is 11.1. The van der Waals surface area contributed by atoms with Gasteiger partial charge < -0.3 is 9.53 Å². The molecule has 1 fully saturated rings. The molecule has 2 aliphatic rings. The van der Waals surface area contributed by atoms with E-state index in [2.05, 4.69) is 0 Å². The molecular formula is C11H12O3. The predicted octanol–water partition coefficient (Wildman–Crippen LogP) is 1.19. The molecule has 14 heavy (non-hydrogen) atoms. The van der Waals surface area contributed by atoms with Gasteiger partial charge in [0.05, 0.1) is 0 Å². The number of ether oxygens (including phenoxy) is 1. The Kier molecular flexibility index (Phi) is 2.33. The van der Waals surface area contributed by atoms with Crippen LogP contribution in [0.3, 0.4) is 0 Å². The van der Waals surface area contributed by atoms with E-state index < -0.39 is 5.60 Å². The zero-order valence-corrected chi connectivity index (χ0v) is 7.86. The van der Waals surface area contributed by atoms with E-state index in [9.17, 15) is 9.59 Å². The predicted molar refractivity (Wildman–Crippen MR) is 50.8 cm³/mol. The number of carbonyl (C=O) groups excluding carboxylic acids is 2. The molecule has 3 nitrogen and oxygen atoms in total. The van der Waals surface area contributed by atoms with Gasteiger partial charge in [-0.3, -0.25) is 4.79 Å². The second kappa shape index (κ2) is 3.50. The van der Waals surface area contributed by atoms with E-state index in [4.69, 9.17) is 4.74 Å². The van der Waals surface area contributed by atoms with Crippen LogP contribution < -0.4 is 0 Å². The van der Waals surface area contributed by atoms with Gasteiger partial charge in [0.15, 0.2) is 5.78 Å². The first-order chi connectivity index (χ1) is 6.77. The highest BCUT2D eigenvalue weighted by molar-refractivity contribution is 6.01. The molecule has 0 radical (unpaired) electrons. The third kappa shape index (κ3) is 1.44. The number of rotatable bonds is 3. The van der Waals surface area contributed by atoms with Crippen LogP contribution >= 0.6 is 0 Å². The van der Waals surface area contributed by atoms with E-state index in [-0.39, 0.29) is 12.4 Å². The van der Waals surface area contributed by atoms with Crippen LogP contribution in [0.5, 0.6) is 0 Å². The first kappa shape index (κ1) is 9.34. The molecule has 0 aromatic heterocycles. The van der Waals surface area contributed by atoms with E-state index in [0.717, 1.165) is 31.1 Å². The van der Waals surface area contributed by atoms with Crippen LogP contribution in [0, 0.1) is 0 Å². The van der Waals surface area contributed by atoms with Crippen molar-refractivity contribution in [1.82, 2.24) is 0 Å². The van der Waals surface area contributed by atoms with Crippen molar-refractivity contribution in [2.24, 2.45) is 0 Å². The zero-order chi connectivity index (χ0) is 10.0. The van der Waals surface area contributed by atoms with E-state index in [0.29, 0.717) is 0 Å². The Labute approximate surface area is 82.4 Å². The Morgan fingerprint density at radius 3 is 3.21 bits per heavy atom. The van der Waals surface area contributed by atoms with Crippen LogP contribution in [0.25, 0.3) is 0 Å². The molecule has 2 aliphatic carbocycles. The lowest BCUT2D eigenvalue weighted by molar-refractivity contribution is -0.115. The number of allylic oxidation sites excluding steroid dienone is 2. The minimum Gasteiger partial charge on any atom is -0.359 e. The Morgan fingerprint density at radius 1 is 1.57 bits per heavy atom. The van der Waals surface area contributed by atoms with Crippen LogP contribution in [-0.4, -0.2) is 24.3 Å². The van der Waals surface area contributed by atoms with Crippen molar-refractivity contribution < 1.29 is 14.3 Å². The molecule has 2 rings (SSSR count). The minimum atomic E-state index is -0.450. The van der Waals surface area contributed by atoms with E-state index in [1.54, 1.807) is 12.2 Å². The van der Waals surface area contributed by atoms with Gasteiger partial charge in [0.1, 0.15) is 18.5 Å². The molecule has 1 atom stereocenters. The van der Waals surface area contributed by atoms with Gasteiger partial charge in [-0.05, 0) is 43.1 Å². The molecular weight excluding hydrogens is 180 g/mol. The third-order valence-corrected chi connectivity index (χ3v) is 2.78. The van der Waals surface area contributed by atoms with Gasteiger partial charge in [0, 0.05) is 0 Å². The largest absolute Gasteiger partial charge is 0.359 e. The molecule has 1 saturated carbocycles. The average molecular weight is 192 g/mol. The highest BCUT2D eigenvalue weighted by Gasteiger charge is 2.39. The molecule has 0 saturated heterocycles. The van der Waals surface area contributed by atoms with Gasteiger partial charge >= 0.3 is 0 Å². The molecule has 0 aromatic rings. The highest BCUT2D eigenvalue weighted by atomic mass is 16.5. The van der Waals surface area contributed by atoms with Crippen molar-refractivity contribution >= 4 is 12.1 Å². The van der Waals surface area contributed by atoms with Gasteiger partial charge in [-0.25, -0.2) is 0 Å². The van der Waals surface area contributed by atoms with Gasteiger partial charge in [-0.15, -0.1) is 0 Å². The Balaban J connectivity index is 2.23. The SMILES string of the molecule is O=CCOC12C=CC(=O)C=C1CCC2. The molecule has 0 aromatic carbocycles. The van der Waals surface area contributed by atoms with Crippen molar-refractivity contribution in [2.45, 2.75) is 24.9 Å². The second-order valence-corrected chi connectivity index (χ2v) is 3.63. The fraction of sp³-hybridized carbons (Fsp3) is 0.455. The molecule has 3 heteroatoms. The Morgan fingerprint density at radius 2 is 2.43 bits per heavy atom. The summed E-state index contributed by atoms with van der Waals surface area (Å²) in [5.41, 5.74) is 0.571. The van der Waals surface area contributed by atoms with Crippen molar-refractivity contribution in [3.8, 4) is 0 Å². The van der Waals surface area contributed by atoms with Crippen molar-refractivity contribution in [1.29, 1.82) is 0 Å². The monoisotopic (exact) mass is 192 g/mol. The smallest absolute Gasteiger partial charge is 0.178 e. The average Bonchev–Trinajstić information content (AvgIpc) is 2.58. The van der Waals surface area contributed by atoms with E-state index in [1.807, 2.05) is 0 Å². The summed E-state index contributed by atoms with van der Waals surface area (Å²) >= 11 is 0. The van der Waals surface area contributed by atoms with E-state index in [1.165, 1.54) is 6.08 Å². The number of aldehydes is 1. The second-order valence-electron chi connectivity index (χ2n) is 3.63. The lowest BCUT2D eigenvalue weighted by Gasteiger charge is -2.28. The summed E-state index contributed by atoms with van der Waals surface area (Å²) in [6.45, 7) is 0.0931. The Hall–Kier alpha value is -1.22. The number of hydrogen-bond acceptors (Lipinski definition) is 3. The number of fused-ring (bicyclic) bond motifs is 1. The van der Waals surface area contributed by atoms with Crippen LogP contribution in [0.1, 0.15) is 19.3 Å². The van der Waals surface area contributed by atoms with Crippen molar-refractivity contribution in [3.63, 3.8) is 0 Å². The summed E-state index contributed by atoms with van der Waals surface area (Å²) in [4.78, 5) is 21.4. The number of hydrogen-bond donors (Lipinski definition) is 0. The van der Waals surface area contributed by atoms with E-state index >= 15 is 0 Å². The topological polar surface area (TPSA) is 43.4 Å². The van der Waals surface area contributed by atoms with Gasteiger partial charge in [0.2, 0.25) is 0 Å². The summed E-state index contributed by atoms with van der Waals surface area (Å²) in [5, 5.41) is 0. The first-order valence-electron chi connectivity index (χ1n) is 4.79. The fourth-order valence-electron chi connectivity index (χ4n) is 2.13. The van der Waals surface area contributed by atoms with Crippen molar-refractivity contribution in [3.05, 3.63) is 23.8 Å². The maximum atomic E-state index is 11.1. The molecule has 0 heterocycles. The van der Waals surface area contributed by atoms with Gasteiger partial charge in [-0.1, -0.05) is 0 Å². The molecule has 0 amide bonds. The Bertz CT molecular complexity index is 327.